The monoisotopic (exact) mass is 295 g/mol. The van der Waals surface area contributed by atoms with Crippen molar-refractivity contribution in [3.05, 3.63) is 35.4 Å². The van der Waals surface area contributed by atoms with Gasteiger partial charge in [-0.3, -0.25) is 0 Å². The highest BCUT2D eigenvalue weighted by Gasteiger charge is 2.22. The molecule has 2 aliphatic rings. The van der Waals surface area contributed by atoms with Crippen molar-refractivity contribution in [2.24, 2.45) is 0 Å². The Hall–Kier alpha value is -2.14. The molecule has 2 aromatic rings. The molecule has 1 aliphatic heterocycles. The minimum atomic E-state index is 0.347. The van der Waals surface area contributed by atoms with E-state index in [1.165, 1.54) is 23.1 Å². The van der Waals surface area contributed by atoms with Crippen molar-refractivity contribution in [2.45, 2.75) is 31.7 Å². The standard InChI is InChI=1S/C17H21N5/c18-17-21-15-13-6-2-1-4-11(13)5-3-7-14(15)16(22-17)20-10-12-8-9-19-12/h1-2,4,6,12,19H,3,5,7-10H2,(H3,18,20,21,22)/t12-/m1/s1. The number of nitrogens with zero attached hydrogens (tertiary/aromatic N) is 2. The first kappa shape index (κ1) is 13.5. The number of hydrogen-bond donors (Lipinski definition) is 3. The third kappa shape index (κ3) is 2.41. The van der Waals surface area contributed by atoms with Crippen molar-refractivity contribution in [1.29, 1.82) is 0 Å². The van der Waals surface area contributed by atoms with Gasteiger partial charge in [0.15, 0.2) is 0 Å². The van der Waals surface area contributed by atoms with Crippen LogP contribution < -0.4 is 16.4 Å². The summed E-state index contributed by atoms with van der Waals surface area (Å²) in [4.78, 5) is 9.01. The van der Waals surface area contributed by atoms with Crippen LogP contribution in [-0.4, -0.2) is 29.1 Å². The van der Waals surface area contributed by atoms with Crippen LogP contribution >= 0.6 is 0 Å². The van der Waals surface area contributed by atoms with Crippen LogP contribution in [0.2, 0.25) is 0 Å². The Morgan fingerprint density at radius 2 is 2.09 bits per heavy atom. The number of fused-ring (bicyclic) bond motifs is 3. The van der Waals surface area contributed by atoms with Crippen molar-refractivity contribution >= 4 is 11.8 Å². The van der Waals surface area contributed by atoms with E-state index in [1.807, 2.05) is 0 Å². The maximum atomic E-state index is 5.97. The molecule has 114 valence electrons. The highest BCUT2D eigenvalue weighted by Crippen LogP contribution is 2.34. The van der Waals surface area contributed by atoms with Crippen LogP contribution in [0, 0.1) is 0 Å². The molecule has 0 spiro atoms. The normalized spacial score (nSPS) is 19.5. The fourth-order valence-corrected chi connectivity index (χ4v) is 3.27. The summed E-state index contributed by atoms with van der Waals surface area (Å²) in [5, 5.41) is 6.88. The summed E-state index contributed by atoms with van der Waals surface area (Å²) in [6, 6.07) is 9.04. The molecule has 5 heteroatoms. The van der Waals surface area contributed by atoms with Gasteiger partial charge in [0.1, 0.15) is 5.82 Å². The van der Waals surface area contributed by atoms with Crippen LogP contribution in [0.5, 0.6) is 0 Å². The molecule has 4 N–H and O–H groups in total. The van der Waals surface area contributed by atoms with Gasteiger partial charge < -0.3 is 16.4 Å². The average Bonchev–Trinajstić information content (AvgIpc) is 2.65. The predicted molar refractivity (Wildman–Crippen MR) is 88.8 cm³/mol. The fraction of sp³-hybridized carbons (Fsp3) is 0.412. The highest BCUT2D eigenvalue weighted by atomic mass is 15.1. The molecule has 1 aromatic heterocycles. The molecule has 2 heterocycles. The minimum absolute atomic E-state index is 0.347. The molecule has 22 heavy (non-hydrogen) atoms. The Morgan fingerprint density at radius 3 is 2.91 bits per heavy atom. The average molecular weight is 295 g/mol. The Bertz CT molecular complexity index is 693. The summed E-state index contributed by atoms with van der Waals surface area (Å²) < 4.78 is 0. The maximum absolute atomic E-state index is 5.97. The third-order valence-corrected chi connectivity index (χ3v) is 4.61. The molecule has 1 aromatic carbocycles. The van der Waals surface area contributed by atoms with Gasteiger partial charge in [-0.1, -0.05) is 24.3 Å². The summed E-state index contributed by atoms with van der Waals surface area (Å²) in [5.41, 5.74) is 10.7. The van der Waals surface area contributed by atoms with E-state index in [4.69, 9.17) is 5.73 Å². The summed E-state index contributed by atoms with van der Waals surface area (Å²) in [5.74, 6) is 1.26. The molecule has 0 amide bonds. The lowest BCUT2D eigenvalue weighted by Gasteiger charge is -2.28. The van der Waals surface area contributed by atoms with Crippen LogP contribution in [-0.2, 0) is 12.8 Å². The molecule has 1 saturated heterocycles. The van der Waals surface area contributed by atoms with E-state index in [9.17, 15) is 0 Å². The second-order valence-corrected chi connectivity index (χ2v) is 6.09. The molecule has 5 nitrogen and oxygen atoms in total. The van der Waals surface area contributed by atoms with E-state index in [0.717, 1.165) is 43.9 Å². The zero-order valence-electron chi connectivity index (χ0n) is 12.6. The molecule has 0 saturated carbocycles. The Balaban J connectivity index is 1.74. The molecular weight excluding hydrogens is 274 g/mol. The second-order valence-electron chi connectivity index (χ2n) is 6.09. The van der Waals surface area contributed by atoms with Gasteiger partial charge in [-0.25, -0.2) is 4.98 Å². The molecule has 1 aliphatic carbocycles. The van der Waals surface area contributed by atoms with Gasteiger partial charge in [0.05, 0.1) is 5.69 Å². The van der Waals surface area contributed by atoms with E-state index >= 15 is 0 Å². The van der Waals surface area contributed by atoms with Crippen molar-refractivity contribution in [3.63, 3.8) is 0 Å². The topological polar surface area (TPSA) is 75.9 Å². The number of aryl methyl sites for hydroxylation is 1. The van der Waals surface area contributed by atoms with Gasteiger partial charge in [0.2, 0.25) is 5.95 Å². The minimum Gasteiger partial charge on any atom is -0.368 e. The molecule has 0 unspecified atom stereocenters. The van der Waals surface area contributed by atoms with Crippen molar-refractivity contribution in [1.82, 2.24) is 15.3 Å². The number of anilines is 2. The van der Waals surface area contributed by atoms with E-state index in [2.05, 4.69) is 44.9 Å². The first-order valence-corrected chi connectivity index (χ1v) is 8.03. The van der Waals surface area contributed by atoms with Gasteiger partial charge >= 0.3 is 0 Å². The molecule has 0 radical (unpaired) electrons. The smallest absolute Gasteiger partial charge is 0.222 e. The second kappa shape index (κ2) is 5.57. The number of benzene rings is 1. The molecule has 0 bridgehead atoms. The van der Waals surface area contributed by atoms with Gasteiger partial charge in [0.25, 0.3) is 0 Å². The Morgan fingerprint density at radius 1 is 1.23 bits per heavy atom. The van der Waals surface area contributed by atoms with Gasteiger partial charge in [-0.2, -0.15) is 4.98 Å². The lowest BCUT2D eigenvalue weighted by Crippen LogP contribution is -2.47. The zero-order valence-corrected chi connectivity index (χ0v) is 12.6. The van der Waals surface area contributed by atoms with E-state index in [0.29, 0.717) is 12.0 Å². The number of nitrogen functional groups attached to an aromatic ring is 1. The van der Waals surface area contributed by atoms with Crippen LogP contribution in [0.25, 0.3) is 11.3 Å². The molecule has 1 atom stereocenters. The summed E-state index contributed by atoms with van der Waals surface area (Å²) in [6.07, 6.45) is 4.41. The van der Waals surface area contributed by atoms with Crippen LogP contribution in [0.15, 0.2) is 24.3 Å². The molecular formula is C17H21N5. The van der Waals surface area contributed by atoms with Crippen LogP contribution in [0.4, 0.5) is 11.8 Å². The fourth-order valence-electron chi connectivity index (χ4n) is 3.27. The van der Waals surface area contributed by atoms with Crippen molar-refractivity contribution < 1.29 is 0 Å². The van der Waals surface area contributed by atoms with E-state index in [-0.39, 0.29) is 0 Å². The quantitative estimate of drug-likeness (QED) is 0.807. The summed E-state index contributed by atoms with van der Waals surface area (Å²) in [7, 11) is 0. The van der Waals surface area contributed by atoms with Crippen molar-refractivity contribution in [2.75, 3.05) is 24.1 Å². The molecule has 4 rings (SSSR count). The zero-order chi connectivity index (χ0) is 14.9. The third-order valence-electron chi connectivity index (χ3n) is 4.61. The van der Waals surface area contributed by atoms with Crippen LogP contribution in [0.3, 0.4) is 0 Å². The van der Waals surface area contributed by atoms with E-state index < -0.39 is 0 Å². The van der Waals surface area contributed by atoms with Gasteiger partial charge in [-0.05, 0) is 37.8 Å². The molecule has 1 fully saturated rings. The number of nitrogens with one attached hydrogen (secondary N) is 2. The number of rotatable bonds is 3. The van der Waals surface area contributed by atoms with Crippen LogP contribution in [0.1, 0.15) is 24.0 Å². The lowest BCUT2D eigenvalue weighted by atomic mass is 10.0. The Labute approximate surface area is 130 Å². The highest BCUT2D eigenvalue weighted by molar-refractivity contribution is 5.73. The van der Waals surface area contributed by atoms with Gasteiger partial charge in [0, 0.05) is 23.7 Å². The summed E-state index contributed by atoms with van der Waals surface area (Å²) in [6.45, 7) is 2.01. The van der Waals surface area contributed by atoms with E-state index in [1.54, 1.807) is 0 Å². The number of hydrogen-bond acceptors (Lipinski definition) is 5. The number of nitrogens with two attached hydrogens (primary N) is 1. The largest absolute Gasteiger partial charge is 0.368 e. The summed E-state index contributed by atoms with van der Waals surface area (Å²) >= 11 is 0. The maximum Gasteiger partial charge on any atom is 0.222 e. The number of aromatic nitrogens is 2. The van der Waals surface area contributed by atoms with Gasteiger partial charge in [-0.15, -0.1) is 0 Å². The first-order valence-electron chi connectivity index (χ1n) is 8.03. The SMILES string of the molecule is Nc1nc(NC[C@H]2CCN2)c2c(n1)-c1ccccc1CCC2. The Kier molecular flexibility index (Phi) is 3.42. The first-order chi connectivity index (χ1) is 10.8. The lowest BCUT2D eigenvalue weighted by molar-refractivity contribution is 0.386. The predicted octanol–water partition coefficient (Wildman–Crippen LogP) is 1.99. The van der Waals surface area contributed by atoms with Crippen molar-refractivity contribution in [3.8, 4) is 11.3 Å².